The molecule has 0 saturated carbocycles. The number of phenols is 1. The maximum Gasteiger partial charge on any atom is 0.337 e. The number of hydrogen-bond acceptors (Lipinski definition) is 8. The highest BCUT2D eigenvalue weighted by molar-refractivity contribution is 7.86. The zero-order valence-corrected chi connectivity index (χ0v) is 13.1. The van der Waals surface area contributed by atoms with Crippen molar-refractivity contribution in [2.45, 2.75) is 6.54 Å². The smallest absolute Gasteiger partial charge is 0.337 e. The fraction of sp³-hybridized carbons (Fsp3) is 0.154. The summed E-state index contributed by atoms with van der Waals surface area (Å²) in [4.78, 5) is 14.5. The number of fused-ring (bicyclic) bond motifs is 1. The first-order valence-electron chi connectivity index (χ1n) is 6.64. The molecule has 0 saturated heterocycles. The summed E-state index contributed by atoms with van der Waals surface area (Å²) in [5, 5.41) is 12.5. The van der Waals surface area contributed by atoms with Crippen molar-refractivity contribution in [2.75, 3.05) is 11.6 Å². The Morgan fingerprint density at radius 3 is 2.92 bits per heavy atom. The molecule has 3 rings (SSSR count). The Morgan fingerprint density at radius 2 is 2.17 bits per heavy atom. The lowest BCUT2D eigenvalue weighted by Gasteiger charge is -2.09. The van der Waals surface area contributed by atoms with Crippen LogP contribution in [0.5, 0.6) is 11.8 Å². The highest BCUT2D eigenvalue weighted by Crippen LogP contribution is 2.24. The molecular weight excluding hydrogens is 341 g/mol. The molecule has 3 N–H and O–H groups in total. The molecule has 0 aliphatic heterocycles. The molecule has 9 nitrogen and oxygen atoms in total. The number of aromatic amines is 1. The third-order valence-electron chi connectivity index (χ3n) is 3.01. The molecule has 0 unspecified atom stereocenters. The molecule has 11 heteroatoms. The van der Waals surface area contributed by atoms with Crippen LogP contribution in [0, 0.1) is 5.82 Å². The van der Waals surface area contributed by atoms with Crippen LogP contribution in [0.15, 0.2) is 24.5 Å². The van der Waals surface area contributed by atoms with E-state index in [2.05, 4.69) is 29.4 Å². The maximum atomic E-state index is 13.4. The van der Waals surface area contributed by atoms with Gasteiger partial charge in [0, 0.05) is 12.1 Å². The molecule has 24 heavy (non-hydrogen) atoms. The van der Waals surface area contributed by atoms with Gasteiger partial charge in [-0.25, -0.2) is 9.37 Å². The van der Waals surface area contributed by atoms with E-state index >= 15 is 0 Å². The van der Waals surface area contributed by atoms with E-state index in [0.717, 1.165) is 12.3 Å². The van der Waals surface area contributed by atoms with Crippen LogP contribution in [0.3, 0.4) is 0 Å². The van der Waals surface area contributed by atoms with Gasteiger partial charge in [-0.2, -0.15) is 18.4 Å². The number of imidazole rings is 1. The average molecular weight is 353 g/mol. The predicted molar refractivity (Wildman–Crippen MR) is 82.5 cm³/mol. The van der Waals surface area contributed by atoms with Gasteiger partial charge in [0.2, 0.25) is 0 Å². The minimum Gasteiger partial charge on any atom is -0.505 e. The monoisotopic (exact) mass is 353 g/mol. The van der Waals surface area contributed by atoms with Gasteiger partial charge >= 0.3 is 16.1 Å². The van der Waals surface area contributed by atoms with E-state index in [1.807, 2.05) is 0 Å². The standard InChI is InChI=1S/C13H12FN5O4S/c1-24(21,22)23-13-18-11(9-12(19-13)17-6-16-9)15-5-7-3-2-4-8(14)10(7)20/h2-4,6,20H,5H2,1H3,(H2,15,16,17,18,19). The number of aromatic nitrogens is 4. The fourth-order valence-corrected chi connectivity index (χ4v) is 2.34. The van der Waals surface area contributed by atoms with Crippen LogP contribution in [0.2, 0.25) is 0 Å². The van der Waals surface area contributed by atoms with Crippen molar-refractivity contribution in [3.8, 4) is 11.8 Å². The Balaban J connectivity index is 1.93. The quantitative estimate of drug-likeness (QED) is 0.582. The van der Waals surface area contributed by atoms with Crippen LogP contribution in [0.4, 0.5) is 10.2 Å². The molecule has 0 fully saturated rings. The first-order valence-corrected chi connectivity index (χ1v) is 8.46. The largest absolute Gasteiger partial charge is 0.505 e. The molecule has 0 amide bonds. The molecule has 0 atom stereocenters. The summed E-state index contributed by atoms with van der Waals surface area (Å²) in [6.07, 6.45) is 2.22. The van der Waals surface area contributed by atoms with Gasteiger partial charge in [-0.05, 0) is 6.07 Å². The van der Waals surface area contributed by atoms with Crippen molar-refractivity contribution >= 4 is 27.1 Å². The number of aromatic hydroxyl groups is 1. The van der Waals surface area contributed by atoms with E-state index in [1.54, 1.807) is 0 Å². The number of nitrogens with zero attached hydrogens (tertiary/aromatic N) is 3. The molecule has 2 heterocycles. The van der Waals surface area contributed by atoms with Gasteiger partial charge in [-0.15, -0.1) is 0 Å². The number of H-pyrrole nitrogens is 1. The Kier molecular flexibility index (Phi) is 3.93. The first-order chi connectivity index (χ1) is 11.3. The number of para-hydroxylation sites is 1. The number of anilines is 1. The van der Waals surface area contributed by atoms with Crippen LogP contribution >= 0.6 is 0 Å². The second kappa shape index (κ2) is 5.92. The third kappa shape index (κ3) is 3.35. The molecule has 1 aromatic carbocycles. The van der Waals surface area contributed by atoms with E-state index in [0.29, 0.717) is 11.1 Å². The van der Waals surface area contributed by atoms with Crippen LogP contribution in [0.1, 0.15) is 5.56 Å². The first kappa shape index (κ1) is 15.9. The van der Waals surface area contributed by atoms with Crippen molar-refractivity contribution in [3.05, 3.63) is 35.9 Å². The highest BCUT2D eigenvalue weighted by atomic mass is 32.2. The van der Waals surface area contributed by atoms with Crippen molar-refractivity contribution in [2.24, 2.45) is 0 Å². The molecule has 0 aliphatic rings. The third-order valence-corrected chi connectivity index (χ3v) is 3.46. The second-order valence-corrected chi connectivity index (χ2v) is 6.42. The van der Waals surface area contributed by atoms with Gasteiger partial charge in [-0.1, -0.05) is 12.1 Å². The van der Waals surface area contributed by atoms with Gasteiger partial charge in [0.15, 0.2) is 23.0 Å². The van der Waals surface area contributed by atoms with Gasteiger partial charge in [0.25, 0.3) is 0 Å². The lowest BCUT2D eigenvalue weighted by atomic mass is 10.2. The van der Waals surface area contributed by atoms with E-state index in [1.165, 1.54) is 18.5 Å². The summed E-state index contributed by atoms with van der Waals surface area (Å²) in [6.45, 7) is 0.0348. The maximum absolute atomic E-state index is 13.4. The number of halogens is 1. The van der Waals surface area contributed by atoms with Gasteiger partial charge in [0.1, 0.15) is 5.52 Å². The molecule has 0 spiro atoms. The number of phenolic OH excluding ortho intramolecular Hbond substituents is 1. The fourth-order valence-electron chi connectivity index (χ4n) is 2.00. The molecular formula is C13H12FN5O4S. The highest BCUT2D eigenvalue weighted by Gasteiger charge is 2.15. The summed E-state index contributed by atoms with van der Waals surface area (Å²) < 4.78 is 40.5. The summed E-state index contributed by atoms with van der Waals surface area (Å²) in [7, 11) is -3.81. The lowest BCUT2D eigenvalue weighted by molar-refractivity contribution is 0.426. The van der Waals surface area contributed by atoms with Crippen molar-refractivity contribution < 1.29 is 22.1 Å². The Hall–Kier alpha value is -2.95. The van der Waals surface area contributed by atoms with E-state index in [9.17, 15) is 17.9 Å². The summed E-state index contributed by atoms with van der Waals surface area (Å²) in [6, 6.07) is 3.72. The van der Waals surface area contributed by atoms with E-state index < -0.39 is 27.7 Å². The van der Waals surface area contributed by atoms with Gasteiger partial charge in [0.05, 0.1) is 12.6 Å². The molecule has 0 aliphatic carbocycles. The number of nitrogens with one attached hydrogen (secondary N) is 2. The van der Waals surface area contributed by atoms with Gasteiger partial charge < -0.3 is 19.6 Å². The summed E-state index contributed by atoms with van der Waals surface area (Å²) in [5.74, 6) is -1.03. The molecule has 0 bridgehead atoms. The van der Waals surface area contributed by atoms with Gasteiger partial charge in [-0.3, -0.25) is 0 Å². The van der Waals surface area contributed by atoms with Crippen LogP contribution in [-0.2, 0) is 16.7 Å². The minimum atomic E-state index is -3.81. The molecule has 2 aromatic heterocycles. The number of rotatable bonds is 5. The Morgan fingerprint density at radius 1 is 1.38 bits per heavy atom. The van der Waals surface area contributed by atoms with Crippen LogP contribution in [-0.4, -0.2) is 39.7 Å². The number of benzene rings is 1. The van der Waals surface area contributed by atoms with Crippen molar-refractivity contribution in [3.63, 3.8) is 0 Å². The zero-order valence-electron chi connectivity index (χ0n) is 12.3. The zero-order chi connectivity index (χ0) is 17.3. The van der Waals surface area contributed by atoms with E-state index in [-0.39, 0.29) is 18.0 Å². The molecule has 126 valence electrons. The molecule has 0 radical (unpaired) electrons. The summed E-state index contributed by atoms with van der Waals surface area (Å²) in [5.41, 5.74) is 0.896. The lowest BCUT2D eigenvalue weighted by Crippen LogP contribution is -2.10. The van der Waals surface area contributed by atoms with Crippen molar-refractivity contribution in [1.82, 2.24) is 19.9 Å². The predicted octanol–water partition coefficient (Wildman–Crippen LogP) is 1.15. The Bertz CT molecular complexity index is 1000. The van der Waals surface area contributed by atoms with Crippen molar-refractivity contribution in [1.29, 1.82) is 0 Å². The topological polar surface area (TPSA) is 130 Å². The minimum absolute atomic E-state index is 0.0348. The average Bonchev–Trinajstić information content (AvgIpc) is 2.95. The number of hydrogen-bond donors (Lipinski definition) is 3. The SMILES string of the molecule is CS(=O)(=O)Oc1nc(NCc2cccc(F)c2O)c2[nH]cnc2n1. The normalized spacial score (nSPS) is 11.6. The second-order valence-electron chi connectivity index (χ2n) is 4.84. The summed E-state index contributed by atoms with van der Waals surface area (Å²) >= 11 is 0. The van der Waals surface area contributed by atoms with Crippen LogP contribution < -0.4 is 9.50 Å². The molecule has 3 aromatic rings. The van der Waals surface area contributed by atoms with E-state index in [4.69, 9.17) is 0 Å². The van der Waals surface area contributed by atoms with Crippen LogP contribution in [0.25, 0.3) is 11.2 Å². The Labute approximate surface area is 135 Å².